The lowest BCUT2D eigenvalue weighted by Gasteiger charge is -2.09. The van der Waals surface area contributed by atoms with E-state index in [0.29, 0.717) is 16.3 Å². The molecule has 3 nitrogen and oxygen atoms in total. The first-order chi connectivity index (χ1) is 8.59. The molecular weight excluding hydrogens is 233 g/mol. The summed E-state index contributed by atoms with van der Waals surface area (Å²) in [4.78, 5) is 11.9. The quantitative estimate of drug-likeness (QED) is 0.872. The number of fused-ring (bicyclic) bond motifs is 1. The molecule has 0 spiro atoms. The first-order valence-corrected chi connectivity index (χ1v) is 5.73. The van der Waals surface area contributed by atoms with Crippen LogP contribution in [0, 0.1) is 5.82 Å². The molecule has 2 rings (SSSR count). The third kappa shape index (κ3) is 2.49. The molecule has 2 aromatic carbocycles. The van der Waals surface area contributed by atoms with E-state index in [4.69, 9.17) is 5.11 Å². The number of amides is 1. The Hall–Kier alpha value is -1.94. The molecule has 0 fully saturated rings. The maximum absolute atomic E-state index is 13.6. The molecular formula is C14H14FNO2. The van der Waals surface area contributed by atoms with Crippen LogP contribution in [-0.2, 0) is 0 Å². The minimum atomic E-state index is -0.610. The lowest BCUT2D eigenvalue weighted by atomic mass is 10.0. The fourth-order valence-electron chi connectivity index (χ4n) is 1.80. The Labute approximate surface area is 104 Å². The molecule has 0 radical (unpaired) electrons. The SMILES string of the molecule is C[C@H](O)CNC(=O)c1ccc(F)c2ccccc12. The van der Waals surface area contributed by atoms with Crippen molar-refractivity contribution in [2.75, 3.05) is 6.54 Å². The second-order valence-corrected chi connectivity index (χ2v) is 4.20. The average molecular weight is 247 g/mol. The van der Waals surface area contributed by atoms with Gasteiger partial charge in [0, 0.05) is 17.5 Å². The minimum Gasteiger partial charge on any atom is -0.392 e. The molecule has 0 saturated heterocycles. The first kappa shape index (κ1) is 12.5. The highest BCUT2D eigenvalue weighted by molar-refractivity contribution is 6.07. The topological polar surface area (TPSA) is 49.3 Å². The Morgan fingerprint density at radius 2 is 1.94 bits per heavy atom. The van der Waals surface area contributed by atoms with Crippen molar-refractivity contribution >= 4 is 16.7 Å². The minimum absolute atomic E-state index is 0.171. The van der Waals surface area contributed by atoms with Crippen LogP contribution < -0.4 is 5.32 Å². The van der Waals surface area contributed by atoms with Crippen LogP contribution in [0.3, 0.4) is 0 Å². The van der Waals surface area contributed by atoms with Crippen LogP contribution in [0.1, 0.15) is 17.3 Å². The zero-order chi connectivity index (χ0) is 13.1. The Morgan fingerprint density at radius 1 is 1.28 bits per heavy atom. The smallest absolute Gasteiger partial charge is 0.252 e. The number of rotatable bonds is 3. The third-order valence-electron chi connectivity index (χ3n) is 2.67. The highest BCUT2D eigenvalue weighted by Gasteiger charge is 2.12. The van der Waals surface area contributed by atoms with E-state index < -0.39 is 6.10 Å². The molecule has 0 heterocycles. The second kappa shape index (κ2) is 5.14. The first-order valence-electron chi connectivity index (χ1n) is 5.73. The molecule has 1 amide bonds. The van der Waals surface area contributed by atoms with Crippen LogP contribution in [-0.4, -0.2) is 23.7 Å². The Kier molecular flexibility index (Phi) is 3.58. The Morgan fingerprint density at radius 3 is 2.61 bits per heavy atom. The predicted octanol–water partition coefficient (Wildman–Crippen LogP) is 2.09. The largest absolute Gasteiger partial charge is 0.392 e. The maximum atomic E-state index is 13.6. The van der Waals surface area contributed by atoms with Gasteiger partial charge < -0.3 is 10.4 Å². The molecule has 2 aromatic rings. The fourth-order valence-corrected chi connectivity index (χ4v) is 1.80. The van der Waals surface area contributed by atoms with Crippen LogP contribution in [0.5, 0.6) is 0 Å². The van der Waals surface area contributed by atoms with Crippen molar-refractivity contribution in [2.45, 2.75) is 13.0 Å². The van der Waals surface area contributed by atoms with E-state index in [-0.39, 0.29) is 18.3 Å². The monoisotopic (exact) mass is 247 g/mol. The van der Waals surface area contributed by atoms with Gasteiger partial charge in [-0.15, -0.1) is 0 Å². The zero-order valence-corrected chi connectivity index (χ0v) is 9.98. The van der Waals surface area contributed by atoms with Gasteiger partial charge in [-0.1, -0.05) is 24.3 Å². The molecule has 0 aliphatic rings. The lowest BCUT2D eigenvalue weighted by Crippen LogP contribution is -2.30. The summed E-state index contributed by atoms with van der Waals surface area (Å²) in [6, 6.07) is 9.55. The van der Waals surface area contributed by atoms with Gasteiger partial charge in [-0.05, 0) is 24.4 Å². The van der Waals surface area contributed by atoms with Crippen LogP contribution >= 0.6 is 0 Å². The number of nitrogens with one attached hydrogen (secondary N) is 1. The van der Waals surface area contributed by atoms with Crippen molar-refractivity contribution in [2.24, 2.45) is 0 Å². The Bertz CT molecular complexity index is 581. The number of carbonyl (C=O) groups excluding carboxylic acids is 1. The van der Waals surface area contributed by atoms with Gasteiger partial charge in [0.2, 0.25) is 0 Å². The number of hydrogen-bond donors (Lipinski definition) is 2. The molecule has 18 heavy (non-hydrogen) atoms. The highest BCUT2D eigenvalue weighted by atomic mass is 19.1. The molecule has 0 saturated carbocycles. The van der Waals surface area contributed by atoms with Crippen molar-refractivity contribution in [3.63, 3.8) is 0 Å². The van der Waals surface area contributed by atoms with Crippen molar-refractivity contribution in [3.05, 3.63) is 47.8 Å². The van der Waals surface area contributed by atoms with Crippen molar-refractivity contribution in [1.82, 2.24) is 5.32 Å². The molecule has 0 unspecified atom stereocenters. The summed E-state index contributed by atoms with van der Waals surface area (Å²) in [7, 11) is 0. The van der Waals surface area contributed by atoms with E-state index >= 15 is 0 Å². The van der Waals surface area contributed by atoms with Gasteiger partial charge in [0.25, 0.3) is 5.91 Å². The van der Waals surface area contributed by atoms with Gasteiger partial charge in [-0.2, -0.15) is 0 Å². The van der Waals surface area contributed by atoms with E-state index in [1.165, 1.54) is 12.1 Å². The number of hydrogen-bond acceptors (Lipinski definition) is 2. The molecule has 4 heteroatoms. The van der Waals surface area contributed by atoms with E-state index in [9.17, 15) is 9.18 Å². The van der Waals surface area contributed by atoms with Crippen molar-refractivity contribution < 1.29 is 14.3 Å². The van der Waals surface area contributed by atoms with Gasteiger partial charge in [0.05, 0.1) is 6.10 Å². The summed E-state index contributed by atoms with van der Waals surface area (Å²) >= 11 is 0. The van der Waals surface area contributed by atoms with Gasteiger partial charge in [0.15, 0.2) is 0 Å². The van der Waals surface area contributed by atoms with E-state index in [2.05, 4.69) is 5.32 Å². The highest BCUT2D eigenvalue weighted by Crippen LogP contribution is 2.21. The van der Waals surface area contributed by atoms with Crippen molar-refractivity contribution in [3.8, 4) is 0 Å². The van der Waals surface area contributed by atoms with E-state index in [0.717, 1.165) is 0 Å². The third-order valence-corrected chi connectivity index (χ3v) is 2.67. The molecule has 0 aliphatic carbocycles. The van der Waals surface area contributed by atoms with Gasteiger partial charge in [0.1, 0.15) is 5.82 Å². The zero-order valence-electron chi connectivity index (χ0n) is 9.98. The van der Waals surface area contributed by atoms with Crippen LogP contribution in [0.4, 0.5) is 4.39 Å². The van der Waals surface area contributed by atoms with E-state index in [1.54, 1.807) is 31.2 Å². The van der Waals surface area contributed by atoms with Gasteiger partial charge in [-0.3, -0.25) is 4.79 Å². The molecule has 0 bridgehead atoms. The normalized spacial score (nSPS) is 12.4. The number of aliphatic hydroxyl groups is 1. The average Bonchev–Trinajstić information content (AvgIpc) is 2.37. The van der Waals surface area contributed by atoms with Gasteiger partial charge >= 0.3 is 0 Å². The molecule has 94 valence electrons. The maximum Gasteiger partial charge on any atom is 0.252 e. The predicted molar refractivity (Wildman–Crippen MR) is 67.9 cm³/mol. The molecule has 0 aromatic heterocycles. The summed E-state index contributed by atoms with van der Waals surface area (Å²) < 4.78 is 13.6. The lowest BCUT2D eigenvalue weighted by molar-refractivity contribution is 0.0925. The second-order valence-electron chi connectivity index (χ2n) is 4.20. The fraction of sp³-hybridized carbons (Fsp3) is 0.214. The van der Waals surface area contributed by atoms with Crippen LogP contribution in [0.25, 0.3) is 10.8 Å². The molecule has 0 aliphatic heterocycles. The van der Waals surface area contributed by atoms with Gasteiger partial charge in [-0.25, -0.2) is 4.39 Å². The number of aliphatic hydroxyl groups excluding tert-OH is 1. The number of benzene rings is 2. The van der Waals surface area contributed by atoms with Crippen LogP contribution in [0.15, 0.2) is 36.4 Å². The number of halogens is 1. The standard InChI is InChI=1S/C14H14FNO2/c1-9(17)8-16-14(18)12-6-7-13(15)11-5-3-2-4-10(11)12/h2-7,9,17H,8H2,1H3,(H,16,18)/t9-/m0/s1. The summed E-state index contributed by atoms with van der Waals surface area (Å²) in [6.45, 7) is 1.76. The van der Waals surface area contributed by atoms with Crippen molar-refractivity contribution in [1.29, 1.82) is 0 Å². The summed E-state index contributed by atoms with van der Waals surface area (Å²) in [6.07, 6.45) is -0.610. The summed E-state index contributed by atoms with van der Waals surface area (Å²) in [5.41, 5.74) is 0.410. The molecule has 1 atom stereocenters. The summed E-state index contributed by atoms with van der Waals surface area (Å²) in [5.74, 6) is -0.662. The number of carbonyl (C=O) groups is 1. The summed E-state index contributed by atoms with van der Waals surface area (Å²) in [5, 5.41) is 12.7. The van der Waals surface area contributed by atoms with Crippen LogP contribution in [0.2, 0.25) is 0 Å². The molecule has 2 N–H and O–H groups in total. The van der Waals surface area contributed by atoms with E-state index in [1.807, 2.05) is 0 Å². The Balaban J connectivity index is 2.39.